The molecule has 4 heterocycles. The maximum atomic E-state index is 13.0. The number of oxazole rings is 1. The zero-order valence-electron chi connectivity index (χ0n) is 20.2. The van der Waals surface area contributed by atoms with Crippen molar-refractivity contribution in [3.8, 4) is 11.5 Å². The molecule has 36 heavy (non-hydrogen) atoms. The van der Waals surface area contributed by atoms with Gasteiger partial charge >= 0.3 is 0 Å². The van der Waals surface area contributed by atoms with Crippen LogP contribution in [0, 0.1) is 6.92 Å². The molecular formula is C25H27N5O5S. The first-order valence-electron chi connectivity index (χ1n) is 11.6. The summed E-state index contributed by atoms with van der Waals surface area (Å²) in [6.07, 6.45) is 5.79. The highest BCUT2D eigenvalue weighted by atomic mass is 32.2. The lowest BCUT2D eigenvalue weighted by atomic mass is 9.95. The number of nitrogens with one attached hydrogen (secondary N) is 1. The molecule has 1 aromatic carbocycles. The van der Waals surface area contributed by atoms with E-state index in [1.165, 1.54) is 6.26 Å². The Kier molecular flexibility index (Phi) is 5.92. The lowest BCUT2D eigenvalue weighted by molar-refractivity contribution is 0.0793. The predicted octanol–water partition coefficient (Wildman–Crippen LogP) is 3.62. The van der Waals surface area contributed by atoms with Gasteiger partial charge in [-0.1, -0.05) is 0 Å². The molecule has 5 rings (SSSR count). The van der Waals surface area contributed by atoms with Gasteiger partial charge in [0.2, 0.25) is 5.89 Å². The first-order chi connectivity index (χ1) is 17.0. The van der Waals surface area contributed by atoms with E-state index in [0.29, 0.717) is 41.1 Å². The lowest BCUT2D eigenvalue weighted by Crippen LogP contribution is -2.25. The number of hydrogen-bond acceptors (Lipinski definition) is 8. The highest BCUT2D eigenvalue weighted by molar-refractivity contribution is 7.91. The van der Waals surface area contributed by atoms with Gasteiger partial charge in [-0.05, 0) is 57.9 Å². The van der Waals surface area contributed by atoms with Crippen molar-refractivity contribution in [2.24, 2.45) is 0 Å². The van der Waals surface area contributed by atoms with Crippen molar-refractivity contribution < 1.29 is 22.7 Å². The zero-order chi connectivity index (χ0) is 25.7. The van der Waals surface area contributed by atoms with E-state index in [1.54, 1.807) is 42.9 Å². The van der Waals surface area contributed by atoms with Crippen LogP contribution in [0.4, 0.5) is 5.69 Å². The van der Waals surface area contributed by atoms with E-state index in [2.05, 4.69) is 20.4 Å². The van der Waals surface area contributed by atoms with Crippen LogP contribution < -0.4 is 5.32 Å². The van der Waals surface area contributed by atoms with Crippen LogP contribution in [0.25, 0.3) is 22.4 Å². The van der Waals surface area contributed by atoms with E-state index in [4.69, 9.17) is 4.42 Å². The summed E-state index contributed by atoms with van der Waals surface area (Å²) < 4.78 is 30.9. The normalized spacial score (nSPS) is 16.3. The molecule has 0 bridgehead atoms. The van der Waals surface area contributed by atoms with Crippen LogP contribution in [0.15, 0.2) is 47.3 Å². The van der Waals surface area contributed by atoms with Gasteiger partial charge in [-0.15, -0.1) is 0 Å². The van der Waals surface area contributed by atoms with E-state index >= 15 is 0 Å². The van der Waals surface area contributed by atoms with Crippen molar-refractivity contribution in [2.45, 2.75) is 45.3 Å². The summed E-state index contributed by atoms with van der Waals surface area (Å²) in [7, 11) is -2.98. The molecule has 0 saturated carbocycles. The molecule has 11 heteroatoms. The highest BCUT2D eigenvalue weighted by Crippen LogP contribution is 2.34. The van der Waals surface area contributed by atoms with Gasteiger partial charge in [0.25, 0.3) is 5.91 Å². The number of hydrogen-bond donors (Lipinski definition) is 2. The molecule has 0 unspecified atom stereocenters. The molecule has 4 aromatic rings. The fourth-order valence-corrected chi connectivity index (χ4v) is 5.87. The molecule has 188 valence electrons. The Balaban J connectivity index is 1.44. The Morgan fingerprint density at radius 2 is 1.97 bits per heavy atom. The summed E-state index contributed by atoms with van der Waals surface area (Å²) in [6, 6.07) is 7.05. The smallest absolute Gasteiger partial charge is 0.277 e. The average Bonchev–Trinajstić information content (AvgIpc) is 3.45. The van der Waals surface area contributed by atoms with Crippen LogP contribution >= 0.6 is 0 Å². The molecule has 0 radical (unpaired) electrons. The molecule has 1 saturated heterocycles. The number of amides is 1. The summed E-state index contributed by atoms with van der Waals surface area (Å²) in [5.41, 5.74) is 1.92. The van der Waals surface area contributed by atoms with Crippen LogP contribution in [0.3, 0.4) is 0 Å². The zero-order valence-corrected chi connectivity index (χ0v) is 21.0. The Bertz CT molecular complexity index is 1550. The Morgan fingerprint density at radius 3 is 2.67 bits per heavy atom. The number of benzene rings is 1. The molecular weight excluding hydrogens is 482 g/mol. The van der Waals surface area contributed by atoms with Crippen LogP contribution in [-0.4, -0.2) is 50.7 Å². The molecule has 2 N–H and O–H groups in total. The average molecular weight is 510 g/mol. The second-order valence-corrected chi connectivity index (χ2v) is 12.0. The third-order valence-electron chi connectivity index (χ3n) is 6.35. The standard InChI is InChI=1S/C25H27N5O5S/c1-15-10-16(4-7-26-15)24-28-22(14-35-24)23(31)27-21-11-17-13-30(18-5-8-36(33,34)9-6-18)29-20(17)12-19(21)25(2,3)32/h4,7,10-14,18,32H,5-6,8-9H2,1-3H3,(H,27,31). The minimum absolute atomic E-state index is 0.0186. The van der Waals surface area contributed by atoms with Crippen LogP contribution in [0.2, 0.25) is 0 Å². The third-order valence-corrected chi connectivity index (χ3v) is 8.06. The van der Waals surface area contributed by atoms with Crippen LogP contribution in [-0.2, 0) is 15.4 Å². The summed E-state index contributed by atoms with van der Waals surface area (Å²) in [5, 5.41) is 19.1. The Morgan fingerprint density at radius 1 is 1.22 bits per heavy atom. The molecule has 0 atom stereocenters. The maximum Gasteiger partial charge on any atom is 0.277 e. The van der Waals surface area contributed by atoms with Crippen molar-refractivity contribution in [2.75, 3.05) is 16.8 Å². The second kappa shape index (κ2) is 8.82. The minimum atomic E-state index is -2.98. The van der Waals surface area contributed by atoms with Gasteiger partial charge in [-0.2, -0.15) is 5.10 Å². The number of aromatic nitrogens is 4. The number of carbonyl (C=O) groups excluding carboxylic acids is 1. The van der Waals surface area contributed by atoms with Crippen molar-refractivity contribution in [3.05, 3.63) is 59.9 Å². The lowest BCUT2D eigenvalue weighted by Gasteiger charge is -2.22. The molecule has 0 spiro atoms. The number of aliphatic hydroxyl groups is 1. The molecule has 3 aromatic heterocycles. The molecule has 0 aliphatic carbocycles. The van der Waals surface area contributed by atoms with Crippen molar-refractivity contribution in [1.82, 2.24) is 19.7 Å². The van der Waals surface area contributed by atoms with Gasteiger partial charge in [0.1, 0.15) is 16.1 Å². The molecule has 1 aliphatic rings. The molecule has 10 nitrogen and oxygen atoms in total. The number of rotatable bonds is 5. The first kappa shape index (κ1) is 24.1. The number of fused-ring (bicyclic) bond motifs is 1. The molecule has 1 fully saturated rings. The van der Waals surface area contributed by atoms with Crippen molar-refractivity contribution in [3.63, 3.8) is 0 Å². The number of sulfone groups is 1. The SMILES string of the molecule is Cc1cc(-c2nc(C(=O)Nc3cc4cn(C5CCS(=O)(=O)CC5)nc4cc3C(C)(C)O)co2)ccn1. The summed E-state index contributed by atoms with van der Waals surface area (Å²) in [4.78, 5) is 21.5. The molecule has 1 aliphatic heterocycles. The first-order valence-corrected chi connectivity index (χ1v) is 13.5. The van der Waals surface area contributed by atoms with E-state index in [0.717, 1.165) is 11.1 Å². The fourth-order valence-electron chi connectivity index (χ4n) is 4.41. The van der Waals surface area contributed by atoms with Gasteiger partial charge < -0.3 is 14.8 Å². The Labute approximate surface area is 208 Å². The number of pyridine rings is 1. The van der Waals surface area contributed by atoms with Crippen LogP contribution in [0.5, 0.6) is 0 Å². The predicted molar refractivity (Wildman–Crippen MR) is 134 cm³/mol. The van der Waals surface area contributed by atoms with Gasteiger partial charge in [-0.25, -0.2) is 13.4 Å². The van der Waals surface area contributed by atoms with Gasteiger partial charge in [0.15, 0.2) is 5.69 Å². The topological polar surface area (TPSA) is 140 Å². The van der Waals surface area contributed by atoms with Gasteiger partial charge in [-0.3, -0.25) is 14.5 Å². The van der Waals surface area contributed by atoms with Gasteiger partial charge in [0.05, 0.1) is 28.7 Å². The van der Waals surface area contributed by atoms with E-state index in [1.807, 2.05) is 19.2 Å². The van der Waals surface area contributed by atoms with Crippen molar-refractivity contribution in [1.29, 1.82) is 0 Å². The van der Waals surface area contributed by atoms with Crippen molar-refractivity contribution >= 4 is 32.3 Å². The number of aryl methyl sites for hydroxylation is 1. The maximum absolute atomic E-state index is 13.0. The van der Waals surface area contributed by atoms with E-state index < -0.39 is 21.3 Å². The third kappa shape index (κ3) is 4.89. The quantitative estimate of drug-likeness (QED) is 0.416. The minimum Gasteiger partial charge on any atom is -0.444 e. The largest absolute Gasteiger partial charge is 0.444 e. The number of carbonyl (C=O) groups is 1. The number of nitrogens with zero attached hydrogens (tertiary/aromatic N) is 4. The van der Waals surface area contributed by atoms with Gasteiger partial charge in [0, 0.05) is 40.3 Å². The number of anilines is 1. The monoisotopic (exact) mass is 509 g/mol. The fraction of sp³-hybridized carbons (Fsp3) is 0.360. The summed E-state index contributed by atoms with van der Waals surface area (Å²) >= 11 is 0. The van der Waals surface area contributed by atoms with E-state index in [-0.39, 0.29) is 23.2 Å². The van der Waals surface area contributed by atoms with Crippen LogP contribution in [0.1, 0.15) is 54.5 Å². The summed E-state index contributed by atoms with van der Waals surface area (Å²) in [5.74, 6) is 0.108. The Hall–Kier alpha value is -3.57. The molecule has 1 amide bonds. The highest BCUT2D eigenvalue weighted by Gasteiger charge is 2.27. The second-order valence-electron chi connectivity index (χ2n) is 9.69. The van der Waals surface area contributed by atoms with E-state index in [9.17, 15) is 18.3 Å². The summed E-state index contributed by atoms with van der Waals surface area (Å²) in [6.45, 7) is 5.12.